The second-order valence-electron chi connectivity index (χ2n) is 8.14. The fourth-order valence-corrected chi connectivity index (χ4v) is 5.29. The fourth-order valence-electron chi connectivity index (χ4n) is 4.01. The number of fused-ring (bicyclic) bond motifs is 1. The molecule has 2 aliphatic rings. The van der Waals surface area contributed by atoms with E-state index < -0.39 is 27.9 Å². The van der Waals surface area contributed by atoms with E-state index in [2.05, 4.69) is 21.4 Å². The van der Waals surface area contributed by atoms with Crippen molar-refractivity contribution in [2.24, 2.45) is 0 Å². The van der Waals surface area contributed by atoms with Crippen molar-refractivity contribution in [3.05, 3.63) is 70.8 Å². The third kappa shape index (κ3) is 5.39. The molecule has 10 heteroatoms. The molecule has 1 aliphatic heterocycles. The van der Waals surface area contributed by atoms with Gasteiger partial charge in [0.2, 0.25) is 10.0 Å². The number of anilines is 1. The molecule has 4 rings (SSSR count). The van der Waals surface area contributed by atoms with Crippen molar-refractivity contribution < 1.29 is 26.4 Å². The largest absolute Gasteiger partial charge is 0.416 e. The molecule has 2 aromatic rings. The van der Waals surface area contributed by atoms with Crippen LogP contribution in [0.2, 0.25) is 0 Å². The lowest BCUT2D eigenvalue weighted by Crippen LogP contribution is -2.38. The smallest absolute Gasteiger partial charge is 0.364 e. The van der Waals surface area contributed by atoms with Crippen LogP contribution in [0.15, 0.2) is 59.0 Å². The Labute approximate surface area is 190 Å². The molecule has 0 spiro atoms. The van der Waals surface area contributed by atoms with E-state index >= 15 is 0 Å². The second kappa shape index (κ2) is 9.18. The van der Waals surface area contributed by atoms with Crippen molar-refractivity contribution >= 4 is 21.6 Å². The molecular formula is C23H24F3N3O3S. The van der Waals surface area contributed by atoms with Crippen LogP contribution in [0.3, 0.4) is 0 Å². The Morgan fingerprint density at radius 1 is 1.09 bits per heavy atom. The molecule has 1 atom stereocenters. The first-order chi connectivity index (χ1) is 15.6. The summed E-state index contributed by atoms with van der Waals surface area (Å²) in [7, 11) is -4.02. The Hall–Kier alpha value is -2.85. The fraction of sp³-hybridized carbons (Fsp3) is 0.348. The highest BCUT2D eigenvalue weighted by molar-refractivity contribution is 7.89. The number of halogens is 3. The van der Waals surface area contributed by atoms with Gasteiger partial charge in [-0.15, -0.1) is 0 Å². The topological polar surface area (TPSA) is 87.3 Å². The Balaban J connectivity index is 1.44. The van der Waals surface area contributed by atoms with Crippen LogP contribution in [0.4, 0.5) is 18.9 Å². The molecule has 1 heterocycles. The number of benzene rings is 2. The molecule has 2 aromatic carbocycles. The van der Waals surface area contributed by atoms with Crippen LogP contribution in [-0.4, -0.2) is 20.9 Å². The van der Waals surface area contributed by atoms with E-state index in [1.165, 1.54) is 18.4 Å². The lowest BCUT2D eigenvalue weighted by molar-refractivity contribution is -0.137. The van der Waals surface area contributed by atoms with Gasteiger partial charge in [-0.2, -0.15) is 17.9 Å². The number of hydrogen-bond donors (Lipinski definition) is 3. The Morgan fingerprint density at radius 2 is 1.85 bits per heavy atom. The molecule has 176 valence electrons. The lowest BCUT2D eigenvalue weighted by Gasteiger charge is -2.29. The van der Waals surface area contributed by atoms with Crippen LogP contribution >= 0.6 is 0 Å². The van der Waals surface area contributed by atoms with E-state index in [1.54, 1.807) is 24.3 Å². The Bertz CT molecular complexity index is 1180. The molecule has 33 heavy (non-hydrogen) atoms. The maximum Gasteiger partial charge on any atom is 0.416 e. The minimum Gasteiger partial charge on any atom is -0.364 e. The molecule has 6 nitrogen and oxygen atoms in total. The van der Waals surface area contributed by atoms with E-state index in [0.29, 0.717) is 17.7 Å². The molecule has 0 aromatic heterocycles. The Morgan fingerprint density at radius 3 is 2.52 bits per heavy atom. The first-order valence-corrected chi connectivity index (χ1v) is 12.2. The van der Waals surface area contributed by atoms with Gasteiger partial charge >= 0.3 is 6.18 Å². The lowest BCUT2D eigenvalue weighted by atomic mass is 9.97. The first kappa shape index (κ1) is 23.3. The summed E-state index contributed by atoms with van der Waals surface area (Å²) in [5, 5.41) is 5.68. The number of hydrogen-bond acceptors (Lipinski definition) is 4. The zero-order chi connectivity index (χ0) is 23.6. The minimum atomic E-state index is -4.59. The van der Waals surface area contributed by atoms with Crippen molar-refractivity contribution in [1.82, 2.24) is 10.0 Å². The van der Waals surface area contributed by atoms with E-state index in [9.17, 15) is 26.4 Å². The normalized spacial score (nSPS) is 19.7. The highest BCUT2D eigenvalue weighted by Gasteiger charge is 2.35. The van der Waals surface area contributed by atoms with Crippen LogP contribution in [0.25, 0.3) is 0 Å². The van der Waals surface area contributed by atoms with Crippen molar-refractivity contribution in [2.75, 3.05) is 11.9 Å². The molecule has 0 saturated carbocycles. The van der Waals surface area contributed by atoms with Crippen LogP contribution in [0, 0.1) is 0 Å². The number of rotatable bonds is 5. The van der Waals surface area contributed by atoms with Crippen molar-refractivity contribution in [3.8, 4) is 0 Å². The summed E-state index contributed by atoms with van der Waals surface area (Å²) < 4.78 is 66.7. The second-order valence-corrected chi connectivity index (χ2v) is 9.83. The summed E-state index contributed by atoms with van der Waals surface area (Å²) in [5.74, 6) is -0.240. The number of nitrogens with one attached hydrogen (secondary N) is 3. The summed E-state index contributed by atoms with van der Waals surface area (Å²) in [6.07, 6.45) is 2.04. The van der Waals surface area contributed by atoms with E-state index in [-0.39, 0.29) is 16.5 Å². The summed E-state index contributed by atoms with van der Waals surface area (Å²) in [5.41, 5.74) is 1.16. The average Bonchev–Trinajstić information content (AvgIpc) is 2.78. The predicted molar refractivity (Wildman–Crippen MR) is 118 cm³/mol. The molecule has 0 fully saturated rings. The van der Waals surface area contributed by atoms with Crippen molar-refractivity contribution in [3.63, 3.8) is 0 Å². The molecule has 0 bridgehead atoms. The summed E-state index contributed by atoms with van der Waals surface area (Å²) in [6, 6.07) is 8.70. The molecule has 1 aliphatic carbocycles. The molecule has 3 N–H and O–H groups in total. The monoisotopic (exact) mass is 479 g/mol. The maximum absolute atomic E-state index is 13.1. The molecule has 0 saturated heterocycles. The van der Waals surface area contributed by atoms with E-state index in [0.717, 1.165) is 37.5 Å². The third-order valence-electron chi connectivity index (χ3n) is 5.79. The minimum absolute atomic E-state index is 0.132. The van der Waals surface area contributed by atoms with Gasteiger partial charge in [-0.05, 0) is 68.0 Å². The average molecular weight is 480 g/mol. The van der Waals surface area contributed by atoms with Crippen LogP contribution in [0.5, 0.6) is 0 Å². The zero-order valence-corrected chi connectivity index (χ0v) is 18.5. The van der Waals surface area contributed by atoms with Crippen molar-refractivity contribution in [2.45, 2.75) is 49.3 Å². The van der Waals surface area contributed by atoms with Crippen LogP contribution in [-0.2, 0) is 16.2 Å². The van der Waals surface area contributed by atoms with Crippen LogP contribution < -0.4 is 15.4 Å². The molecular weight excluding hydrogens is 455 g/mol. The summed E-state index contributed by atoms with van der Waals surface area (Å²) in [6.45, 7) is 0.536. The number of carbonyl (C=O) groups excluding carboxylic acids is 1. The molecule has 0 radical (unpaired) electrons. The Kier molecular flexibility index (Phi) is 6.49. The first-order valence-electron chi connectivity index (χ1n) is 10.7. The highest BCUT2D eigenvalue weighted by Crippen LogP contribution is 2.37. The van der Waals surface area contributed by atoms with Gasteiger partial charge in [0.05, 0.1) is 11.3 Å². The van der Waals surface area contributed by atoms with Gasteiger partial charge in [0.25, 0.3) is 5.91 Å². The summed E-state index contributed by atoms with van der Waals surface area (Å²) >= 11 is 0. The van der Waals surface area contributed by atoms with Crippen molar-refractivity contribution in [1.29, 1.82) is 0 Å². The van der Waals surface area contributed by atoms with Gasteiger partial charge in [-0.1, -0.05) is 23.8 Å². The van der Waals surface area contributed by atoms with Gasteiger partial charge in [-0.3, -0.25) is 4.79 Å². The number of carbonyl (C=O) groups is 1. The van der Waals surface area contributed by atoms with Gasteiger partial charge in [0.15, 0.2) is 0 Å². The number of alkyl halides is 3. The maximum atomic E-state index is 13.1. The van der Waals surface area contributed by atoms with Gasteiger partial charge in [0, 0.05) is 12.1 Å². The zero-order valence-electron chi connectivity index (χ0n) is 17.7. The number of allylic oxidation sites excluding steroid dienone is 1. The van der Waals surface area contributed by atoms with Gasteiger partial charge in [0.1, 0.15) is 11.1 Å². The SMILES string of the molecule is O=C(NCCC1=CCCCC1)c1ccc([C@H]2Nc3cc(C(F)(F)F)ccc3S(=O)(=O)N2)cc1. The van der Waals surface area contributed by atoms with Crippen LogP contribution in [0.1, 0.15) is 59.8 Å². The molecule has 0 unspecified atom stereocenters. The van der Waals surface area contributed by atoms with Gasteiger partial charge in [-0.25, -0.2) is 8.42 Å². The van der Waals surface area contributed by atoms with E-state index in [1.807, 2.05) is 0 Å². The highest BCUT2D eigenvalue weighted by atomic mass is 32.2. The van der Waals surface area contributed by atoms with E-state index in [4.69, 9.17) is 0 Å². The number of sulfonamides is 1. The third-order valence-corrected chi connectivity index (χ3v) is 7.27. The molecule has 1 amide bonds. The quantitative estimate of drug-likeness (QED) is 0.541. The van der Waals surface area contributed by atoms with Gasteiger partial charge < -0.3 is 10.6 Å². The number of amides is 1. The predicted octanol–water partition coefficient (Wildman–Crippen LogP) is 4.73. The summed E-state index contributed by atoms with van der Waals surface area (Å²) in [4.78, 5) is 12.2. The standard InChI is InChI=1S/C23H24F3N3O3S/c24-23(25,26)18-10-11-20-19(14-18)28-21(29-33(20,31)32)16-6-8-17(9-7-16)22(30)27-13-12-15-4-2-1-3-5-15/h4,6-11,14,21,28-29H,1-3,5,12-13H2,(H,27,30)/t21-/m0/s1.